The van der Waals surface area contributed by atoms with Gasteiger partial charge < -0.3 is 4.74 Å². The lowest BCUT2D eigenvalue weighted by Crippen LogP contribution is -2.19. The summed E-state index contributed by atoms with van der Waals surface area (Å²) < 4.78 is 4.34. The summed E-state index contributed by atoms with van der Waals surface area (Å²) in [6, 6.07) is 0. The van der Waals surface area contributed by atoms with E-state index in [1.54, 1.807) is 0 Å². The molecule has 0 N–H and O–H groups in total. The van der Waals surface area contributed by atoms with Crippen LogP contribution in [0.5, 0.6) is 0 Å². The van der Waals surface area contributed by atoms with E-state index in [4.69, 9.17) is 0 Å². The van der Waals surface area contributed by atoms with Crippen molar-refractivity contribution in [2.75, 3.05) is 6.61 Å². The van der Waals surface area contributed by atoms with Gasteiger partial charge in [-0.3, -0.25) is 14.9 Å². The van der Waals surface area contributed by atoms with Crippen molar-refractivity contribution in [3.05, 3.63) is 10.1 Å². The number of hydrogen-bond acceptors (Lipinski definition) is 4. The van der Waals surface area contributed by atoms with Crippen molar-refractivity contribution in [3.8, 4) is 0 Å². The molecule has 1 unspecified atom stereocenters. The van der Waals surface area contributed by atoms with Gasteiger partial charge in [-0.05, 0) is 0 Å². The van der Waals surface area contributed by atoms with Gasteiger partial charge >= 0.3 is 5.97 Å². The zero-order valence-electron chi connectivity index (χ0n) is 5.24. The second-order valence-electron chi connectivity index (χ2n) is 1.52. The Morgan fingerprint density at radius 3 is 2.70 bits per heavy atom. The van der Waals surface area contributed by atoms with Crippen LogP contribution in [0.25, 0.3) is 0 Å². The maximum Gasteiger partial charge on any atom is 0.302 e. The SMILES string of the molecule is CC(=O)OCC(Br)[N+](=O)[O-]. The molecule has 0 fully saturated rings. The highest BCUT2D eigenvalue weighted by atomic mass is 79.9. The standard InChI is InChI=1S/C4H6BrNO4/c1-3(7)10-2-4(5)6(8)9/h4H,2H2,1H3. The van der Waals surface area contributed by atoms with Crippen LogP contribution >= 0.6 is 15.9 Å². The van der Waals surface area contributed by atoms with Gasteiger partial charge in [0.25, 0.3) is 4.95 Å². The molecule has 5 nitrogen and oxygen atoms in total. The average Bonchev–Trinajstić information content (AvgIpc) is 1.82. The topological polar surface area (TPSA) is 69.4 Å². The number of carbonyl (C=O) groups is 1. The molecule has 10 heavy (non-hydrogen) atoms. The molecule has 0 aromatic heterocycles. The Balaban J connectivity index is 3.49. The molecule has 0 spiro atoms. The highest BCUT2D eigenvalue weighted by molar-refractivity contribution is 9.09. The van der Waals surface area contributed by atoms with Crippen LogP contribution in [0.15, 0.2) is 0 Å². The molecule has 0 aromatic carbocycles. The Hall–Kier alpha value is -0.650. The highest BCUT2D eigenvalue weighted by Gasteiger charge is 2.15. The van der Waals surface area contributed by atoms with E-state index >= 15 is 0 Å². The first-order valence-corrected chi connectivity index (χ1v) is 3.36. The maximum absolute atomic E-state index is 10.1. The van der Waals surface area contributed by atoms with Crippen LogP contribution < -0.4 is 0 Å². The lowest BCUT2D eigenvalue weighted by Gasteiger charge is -2.00. The first-order chi connectivity index (χ1) is 4.54. The third-order valence-corrected chi connectivity index (χ3v) is 1.25. The van der Waals surface area contributed by atoms with Gasteiger partial charge in [-0.25, -0.2) is 0 Å². The van der Waals surface area contributed by atoms with Crippen LogP contribution in [0.4, 0.5) is 0 Å². The summed E-state index contributed by atoms with van der Waals surface area (Å²) in [5, 5.41) is 9.88. The van der Waals surface area contributed by atoms with Gasteiger partial charge in [0.1, 0.15) is 0 Å². The van der Waals surface area contributed by atoms with Crippen molar-refractivity contribution in [1.82, 2.24) is 0 Å². The van der Waals surface area contributed by atoms with Crippen LogP contribution in [-0.2, 0) is 9.53 Å². The van der Waals surface area contributed by atoms with Crippen LogP contribution in [0, 0.1) is 10.1 Å². The molecular weight excluding hydrogens is 206 g/mol. The van der Waals surface area contributed by atoms with Gasteiger partial charge in [0.2, 0.25) is 0 Å². The van der Waals surface area contributed by atoms with Crippen molar-refractivity contribution in [1.29, 1.82) is 0 Å². The van der Waals surface area contributed by atoms with Gasteiger partial charge in [-0.2, -0.15) is 0 Å². The Bertz CT molecular complexity index is 148. The summed E-state index contributed by atoms with van der Waals surface area (Å²) in [7, 11) is 0. The Labute approximate surface area is 65.6 Å². The van der Waals surface area contributed by atoms with Gasteiger partial charge in [-0.1, -0.05) is 0 Å². The fourth-order valence-corrected chi connectivity index (χ4v) is 0.379. The molecule has 0 aliphatic rings. The number of nitro groups is 1. The number of alkyl halides is 1. The Morgan fingerprint density at radius 2 is 2.40 bits per heavy atom. The van der Waals surface area contributed by atoms with Gasteiger partial charge in [0.05, 0.1) is 0 Å². The first kappa shape index (κ1) is 9.35. The van der Waals surface area contributed by atoms with E-state index in [0.29, 0.717) is 0 Å². The summed E-state index contributed by atoms with van der Waals surface area (Å²) in [5.41, 5.74) is 0. The van der Waals surface area contributed by atoms with Crippen molar-refractivity contribution < 1.29 is 14.5 Å². The van der Waals surface area contributed by atoms with E-state index in [1.165, 1.54) is 6.92 Å². The van der Waals surface area contributed by atoms with Gasteiger partial charge in [0, 0.05) is 27.8 Å². The van der Waals surface area contributed by atoms with E-state index in [-0.39, 0.29) is 6.61 Å². The number of hydrogen-bond donors (Lipinski definition) is 0. The zero-order chi connectivity index (χ0) is 8.15. The predicted octanol–water partition coefficient (Wildman–Crippen LogP) is 0.547. The summed E-state index contributed by atoms with van der Waals surface area (Å²) in [4.78, 5) is 18.4. The minimum absolute atomic E-state index is 0.234. The van der Waals surface area contributed by atoms with E-state index < -0.39 is 15.8 Å². The largest absolute Gasteiger partial charge is 0.458 e. The molecule has 58 valence electrons. The molecule has 0 saturated carbocycles. The Kier molecular flexibility index (Phi) is 3.94. The lowest BCUT2D eigenvalue weighted by atomic mass is 10.7. The number of ether oxygens (including phenoxy) is 1. The monoisotopic (exact) mass is 211 g/mol. The second-order valence-corrected chi connectivity index (χ2v) is 2.58. The molecule has 0 aliphatic carbocycles. The summed E-state index contributed by atoms with van der Waals surface area (Å²) >= 11 is 2.69. The quantitative estimate of drug-likeness (QED) is 0.225. The second kappa shape index (κ2) is 4.21. The van der Waals surface area contributed by atoms with Crippen LogP contribution in [0.2, 0.25) is 0 Å². The summed E-state index contributed by atoms with van der Waals surface area (Å²) in [6.45, 7) is 0.960. The predicted molar refractivity (Wildman–Crippen MR) is 36.3 cm³/mol. The molecule has 0 heterocycles. The molecule has 0 aliphatic heterocycles. The minimum Gasteiger partial charge on any atom is -0.458 e. The van der Waals surface area contributed by atoms with E-state index in [2.05, 4.69) is 20.7 Å². The number of carbonyl (C=O) groups excluding carboxylic acids is 1. The number of halogens is 1. The van der Waals surface area contributed by atoms with E-state index in [0.717, 1.165) is 0 Å². The molecule has 0 aromatic rings. The van der Waals surface area contributed by atoms with Crippen molar-refractivity contribution in [2.45, 2.75) is 11.9 Å². The third kappa shape index (κ3) is 4.25. The molecule has 0 bridgehead atoms. The normalized spacial score (nSPS) is 12.2. The number of rotatable bonds is 3. The summed E-state index contributed by atoms with van der Waals surface area (Å²) in [5.74, 6) is -0.522. The number of nitrogens with zero attached hydrogens (tertiary/aromatic N) is 1. The van der Waals surface area contributed by atoms with E-state index in [9.17, 15) is 14.9 Å². The van der Waals surface area contributed by atoms with E-state index in [1.807, 2.05) is 0 Å². The van der Waals surface area contributed by atoms with Crippen molar-refractivity contribution in [2.24, 2.45) is 0 Å². The summed E-state index contributed by atoms with van der Waals surface area (Å²) in [6.07, 6.45) is 0. The fourth-order valence-electron chi connectivity index (χ4n) is 0.247. The Morgan fingerprint density at radius 1 is 1.90 bits per heavy atom. The molecule has 0 amide bonds. The van der Waals surface area contributed by atoms with Gasteiger partial charge in [0.15, 0.2) is 6.61 Å². The minimum atomic E-state index is -1.00. The van der Waals surface area contributed by atoms with Crippen LogP contribution in [0.3, 0.4) is 0 Å². The molecule has 0 rings (SSSR count). The maximum atomic E-state index is 10.1. The van der Waals surface area contributed by atoms with Crippen molar-refractivity contribution in [3.63, 3.8) is 0 Å². The fraction of sp³-hybridized carbons (Fsp3) is 0.750. The molecular formula is C4H6BrNO4. The third-order valence-electron chi connectivity index (χ3n) is 0.653. The van der Waals surface area contributed by atoms with Crippen LogP contribution in [-0.4, -0.2) is 22.5 Å². The number of esters is 1. The zero-order valence-corrected chi connectivity index (χ0v) is 6.83. The molecule has 0 saturated heterocycles. The lowest BCUT2D eigenvalue weighted by molar-refractivity contribution is -0.495. The molecule has 1 atom stereocenters. The molecule has 0 radical (unpaired) electrons. The average molecular weight is 212 g/mol. The van der Waals surface area contributed by atoms with Crippen molar-refractivity contribution >= 4 is 21.9 Å². The van der Waals surface area contributed by atoms with Gasteiger partial charge in [-0.15, -0.1) is 0 Å². The smallest absolute Gasteiger partial charge is 0.302 e. The first-order valence-electron chi connectivity index (χ1n) is 2.45. The molecule has 6 heteroatoms. The highest BCUT2D eigenvalue weighted by Crippen LogP contribution is 1.99. The van der Waals surface area contributed by atoms with Crippen LogP contribution in [0.1, 0.15) is 6.92 Å².